The van der Waals surface area contributed by atoms with Gasteiger partial charge < -0.3 is 14.2 Å². The number of unbranched alkanes of at least 4 members (excludes halogenated alkanes) is 23. The molecule has 0 bridgehead atoms. The van der Waals surface area contributed by atoms with Gasteiger partial charge in [0.25, 0.3) is 0 Å². The first-order valence-electron chi connectivity index (χ1n) is 25.4. The van der Waals surface area contributed by atoms with Crippen LogP contribution < -0.4 is 0 Å². The average molecular weight is 851 g/mol. The zero-order chi connectivity index (χ0) is 44.4. The van der Waals surface area contributed by atoms with Crippen LogP contribution in [0.2, 0.25) is 0 Å². The molecule has 6 heteroatoms. The van der Waals surface area contributed by atoms with E-state index in [-0.39, 0.29) is 31.6 Å². The summed E-state index contributed by atoms with van der Waals surface area (Å²) in [6.45, 7) is 6.42. The van der Waals surface area contributed by atoms with Crippen LogP contribution in [0.5, 0.6) is 0 Å². The van der Waals surface area contributed by atoms with Crippen LogP contribution >= 0.6 is 0 Å². The van der Waals surface area contributed by atoms with Gasteiger partial charge in [0.15, 0.2) is 6.10 Å². The molecule has 0 saturated carbocycles. The largest absolute Gasteiger partial charge is 0.462 e. The van der Waals surface area contributed by atoms with Gasteiger partial charge in [0.1, 0.15) is 13.2 Å². The van der Waals surface area contributed by atoms with Gasteiger partial charge in [-0.2, -0.15) is 0 Å². The van der Waals surface area contributed by atoms with Crippen LogP contribution in [-0.2, 0) is 28.6 Å². The Bertz CT molecular complexity index is 1160. The number of hydrogen-bond acceptors (Lipinski definition) is 6. The fourth-order valence-corrected chi connectivity index (χ4v) is 6.92. The van der Waals surface area contributed by atoms with Gasteiger partial charge in [-0.25, -0.2) is 0 Å². The second-order valence-corrected chi connectivity index (χ2v) is 16.7. The molecule has 0 aromatic carbocycles. The van der Waals surface area contributed by atoms with Crippen LogP contribution in [0.3, 0.4) is 0 Å². The molecule has 350 valence electrons. The first-order valence-corrected chi connectivity index (χ1v) is 25.4. The van der Waals surface area contributed by atoms with Crippen molar-refractivity contribution in [2.24, 2.45) is 0 Å². The number of carbonyl (C=O) groups is 3. The van der Waals surface area contributed by atoms with Crippen molar-refractivity contribution in [3.05, 3.63) is 72.9 Å². The summed E-state index contributed by atoms with van der Waals surface area (Å²) in [6.07, 6.45) is 61.9. The summed E-state index contributed by atoms with van der Waals surface area (Å²) in [5, 5.41) is 0. The monoisotopic (exact) mass is 851 g/mol. The Balaban J connectivity index is 4.51. The second kappa shape index (κ2) is 49.5. The van der Waals surface area contributed by atoms with Crippen LogP contribution in [-0.4, -0.2) is 37.2 Å². The smallest absolute Gasteiger partial charge is 0.309 e. The minimum Gasteiger partial charge on any atom is -0.462 e. The number of ether oxygens (including phenoxy) is 3. The lowest BCUT2D eigenvalue weighted by Crippen LogP contribution is -2.30. The highest BCUT2D eigenvalue weighted by Gasteiger charge is 2.19. The normalized spacial score (nSPS) is 12.6. The van der Waals surface area contributed by atoms with E-state index in [0.29, 0.717) is 12.8 Å². The molecule has 6 nitrogen and oxygen atoms in total. The molecule has 0 N–H and O–H groups in total. The fourth-order valence-electron chi connectivity index (χ4n) is 6.92. The Kier molecular flexibility index (Phi) is 46.9. The minimum absolute atomic E-state index is 0.107. The maximum Gasteiger partial charge on any atom is 0.309 e. The van der Waals surface area contributed by atoms with Gasteiger partial charge >= 0.3 is 17.9 Å². The molecular formula is C55H94O6. The molecule has 0 aromatic heterocycles. The highest BCUT2D eigenvalue weighted by atomic mass is 16.6. The number of allylic oxidation sites excluding steroid dienone is 11. The molecule has 0 aliphatic carbocycles. The lowest BCUT2D eigenvalue weighted by atomic mass is 10.0. The van der Waals surface area contributed by atoms with Crippen molar-refractivity contribution in [3.63, 3.8) is 0 Å². The van der Waals surface area contributed by atoms with E-state index in [9.17, 15) is 14.4 Å². The Labute approximate surface area is 376 Å². The van der Waals surface area contributed by atoms with Crippen molar-refractivity contribution < 1.29 is 28.6 Å². The molecule has 61 heavy (non-hydrogen) atoms. The van der Waals surface area contributed by atoms with Crippen molar-refractivity contribution >= 4 is 17.9 Å². The minimum atomic E-state index is -0.816. The molecule has 0 amide bonds. The number of esters is 3. The first kappa shape index (κ1) is 57.9. The van der Waals surface area contributed by atoms with Crippen molar-refractivity contribution in [1.29, 1.82) is 0 Å². The summed E-state index contributed by atoms with van der Waals surface area (Å²) in [5.41, 5.74) is 0. The zero-order valence-electron chi connectivity index (χ0n) is 39.9. The van der Waals surface area contributed by atoms with E-state index in [1.54, 1.807) is 6.08 Å². The Morgan fingerprint density at radius 3 is 1.13 bits per heavy atom. The van der Waals surface area contributed by atoms with Crippen molar-refractivity contribution in [2.45, 2.75) is 245 Å². The second-order valence-electron chi connectivity index (χ2n) is 16.7. The van der Waals surface area contributed by atoms with E-state index in [2.05, 4.69) is 81.5 Å². The molecule has 0 spiro atoms. The summed E-state index contributed by atoms with van der Waals surface area (Å²) >= 11 is 0. The quantitative estimate of drug-likeness (QED) is 0.0263. The third kappa shape index (κ3) is 47.7. The lowest BCUT2D eigenvalue weighted by molar-refractivity contribution is -0.166. The van der Waals surface area contributed by atoms with Crippen molar-refractivity contribution in [3.8, 4) is 0 Å². The van der Waals surface area contributed by atoms with Gasteiger partial charge in [-0.05, 0) is 70.6 Å². The van der Waals surface area contributed by atoms with Crippen molar-refractivity contribution in [2.75, 3.05) is 13.2 Å². The predicted molar refractivity (Wildman–Crippen MR) is 261 cm³/mol. The van der Waals surface area contributed by atoms with E-state index in [4.69, 9.17) is 14.2 Å². The molecule has 1 unspecified atom stereocenters. The van der Waals surface area contributed by atoms with Crippen LogP contribution in [0.15, 0.2) is 72.9 Å². The van der Waals surface area contributed by atoms with Gasteiger partial charge in [0.2, 0.25) is 0 Å². The third-order valence-corrected chi connectivity index (χ3v) is 10.7. The molecule has 0 aliphatic rings. The predicted octanol–water partition coefficient (Wildman–Crippen LogP) is 16.6. The molecule has 0 heterocycles. The summed E-state index contributed by atoms with van der Waals surface area (Å²) < 4.78 is 16.7. The first-order chi connectivity index (χ1) is 30.0. The number of hydrogen-bond donors (Lipinski definition) is 0. The molecule has 1 atom stereocenters. The maximum atomic E-state index is 12.8. The fraction of sp³-hybridized carbons (Fsp3) is 0.727. The highest BCUT2D eigenvalue weighted by Crippen LogP contribution is 2.15. The molecular weight excluding hydrogens is 757 g/mol. The Hall–Kier alpha value is -3.15. The summed E-state index contributed by atoms with van der Waals surface area (Å²) in [5.74, 6) is -1.05. The number of carbonyl (C=O) groups excluding carboxylic acids is 3. The van der Waals surface area contributed by atoms with Crippen LogP contribution in [0, 0.1) is 0 Å². The van der Waals surface area contributed by atoms with Gasteiger partial charge in [-0.15, -0.1) is 0 Å². The van der Waals surface area contributed by atoms with Gasteiger partial charge in [-0.3, -0.25) is 14.4 Å². The average Bonchev–Trinajstić information content (AvgIpc) is 3.26. The van der Waals surface area contributed by atoms with E-state index in [0.717, 1.165) is 83.5 Å². The SMILES string of the molecule is CC/C=C\C/C=C\C/C=C\C/C=C\C/C=C\CC(=O)OCC(COC(=O)CCCCCCCCCCCCCCCC)OC(=O)CCCCCCC/C=C\CCCCCCC. The van der Waals surface area contributed by atoms with Crippen molar-refractivity contribution in [1.82, 2.24) is 0 Å². The lowest BCUT2D eigenvalue weighted by Gasteiger charge is -2.18. The topological polar surface area (TPSA) is 78.9 Å². The summed E-state index contributed by atoms with van der Waals surface area (Å²) in [6, 6.07) is 0. The van der Waals surface area contributed by atoms with Crippen LogP contribution in [0.25, 0.3) is 0 Å². The Morgan fingerprint density at radius 1 is 0.361 bits per heavy atom. The van der Waals surface area contributed by atoms with Crippen LogP contribution in [0.4, 0.5) is 0 Å². The van der Waals surface area contributed by atoms with E-state index in [1.807, 2.05) is 6.08 Å². The van der Waals surface area contributed by atoms with Gasteiger partial charge in [-0.1, -0.05) is 222 Å². The molecule has 0 saturated heterocycles. The molecule has 0 fully saturated rings. The number of rotatable bonds is 45. The molecule has 0 aliphatic heterocycles. The van der Waals surface area contributed by atoms with Crippen LogP contribution in [0.1, 0.15) is 239 Å². The van der Waals surface area contributed by atoms with E-state index < -0.39 is 12.1 Å². The molecule has 0 rings (SSSR count). The van der Waals surface area contributed by atoms with E-state index in [1.165, 1.54) is 116 Å². The standard InChI is InChI=1S/C55H94O6/c1-4-7-10-13-16-19-22-25-28-31-33-36-39-42-45-48-54(57)60-51-52(61-55(58)49-46-43-40-37-34-30-27-24-21-18-15-12-9-6-3)50-59-53(56)47-44-41-38-35-32-29-26-23-20-17-14-11-8-5-2/h7,10,16,19,24-25,27-28,33,36,42,45,52H,4-6,8-9,11-15,17-18,20-23,26,29-32,34-35,37-41,43-44,46-51H2,1-3H3/b10-7-,19-16-,27-24-,28-25-,36-33-,45-42-. The highest BCUT2D eigenvalue weighted by molar-refractivity contribution is 5.72. The van der Waals surface area contributed by atoms with Gasteiger partial charge in [0.05, 0.1) is 6.42 Å². The summed E-state index contributed by atoms with van der Waals surface area (Å²) in [7, 11) is 0. The Morgan fingerprint density at radius 2 is 0.705 bits per heavy atom. The summed E-state index contributed by atoms with van der Waals surface area (Å²) in [4.78, 5) is 37.9. The molecule has 0 aromatic rings. The van der Waals surface area contributed by atoms with E-state index >= 15 is 0 Å². The maximum absolute atomic E-state index is 12.8. The molecule has 0 radical (unpaired) electrons. The van der Waals surface area contributed by atoms with Gasteiger partial charge in [0, 0.05) is 12.8 Å². The zero-order valence-corrected chi connectivity index (χ0v) is 39.9. The third-order valence-electron chi connectivity index (χ3n) is 10.7.